The van der Waals surface area contributed by atoms with Gasteiger partial charge >= 0.3 is 6.61 Å². The first-order chi connectivity index (χ1) is 12.5. The summed E-state index contributed by atoms with van der Waals surface area (Å²) in [5.41, 5.74) is 0.695. The molecule has 0 radical (unpaired) electrons. The molecule has 10 heteroatoms. The second-order valence-electron chi connectivity index (χ2n) is 5.05. The summed E-state index contributed by atoms with van der Waals surface area (Å²) in [6.45, 7) is -3.26. The van der Waals surface area contributed by atoms with Gasteiger partial charge in [-0.2, -0.15) is 13.6 Å². The molecule has 1 N–H and O–H groups in total. The van der Waals surface area contributed by atoms with E-state index in [2.05, 4.69) is 25.5 Å². The van der Waals surface area contributed by atoms with Gasteiger partial charge in [0.15, 0.2) is 0 Å². The number of rotatable bonds is 6. The van der Waals surface area contributed by atoms with Crippen LogP contribution in [0.5, 0.6) is 5.75 Å². The molecule has 0 aliphatic carbocycles. The molecule has 134 valence electrons. The van der Waals surface area contributed by atoms with Crippen molar-refractivity contribution in [2.75, 3.05) is 5.32 Å². The first-order valence-electron chi connectivity index (χ1n) is 7.39. The molecule has 1 aromatic heterocycles. The van der Waals surface area contributed by atoms with Gasteiger partial charge < -0.3 is 10.1 Å². The summed E-state index contributed by atoms with van der Waals surface area (Å²) in [6, 6.07) is 12.8. The van der Waals surface area contributed by atoms with E-state index in [0.29, 0.717) is 10.6 Å². The SMILES string of the molecule is O=C(Cn1nnc(-c2ccccc2Cl)n1)Nc1ccccc1OC(F)F. The number of carbonyl (C=O) groups is 1. The summed E-state index contributed by atoms with van der Waals surface area (Å²) in [6.07, 6.45) is 0. The molecule has 0 aliphatic rings. The fraction of sp³-hybridized carbons (Fsp3) is 0.125. The van der Waals surface area contributed by atoms with Gasteiger partial charge in [-0.05, 0) is 29.5 Å². The van der Waals surface area contributed by atoms with Crippen molar-refractivity contribution >= 4 is 23.2 Å². The highest BCUT2D eigenvalue weighted by molar-refractivity contribution is 6.33. The Kier molecular flexibility index (Phi) is 5.37. The van der Waals surface area contributed by atoms with E-state index in [9.17, 15) is 13.6 Å². The van der Waals surface area contributed by atoms with Crippen molar-refractivity contribution in [2.45, 2.75) is 13.2 Å². The van der Waals surface area contributed by atoms with Gasteiger partial charge in [0.25, 0.3) is 0 Å². The summed E-state index contributed by atoms with van der Waals surface area (Å²) >= 11 is 6.07. The fourth-order valence-corrected chi connectivity index (χ4v) is 2.37. The van der Waals surface area contributed by atoms with Crippen LogP contribution in [0.3, 0.4) is 0 Å². The fourth-order valence-electron chi connectivity index (χ4n) is 2.15. The Balaban J connectivity index is 1.69. The van der Waals surface area contributed by atoms with Gasteiger partial charge in [0, 0.05) is 5.56 Å². The third-order valence-electron chi connectivity index (χ3n) is 3.23. The normalized spacial score (nSPS) is 10.8. The Morgan fingerprint density at radius 2 is 1.92 bits per heavy atom. The Bertz CT molecular complexity index is 919. The molecule has 1 heterocycles. The molecule has 0 aliphatic heterocycles. The monoisotopic (exact) mass is 379 g/mol. The maximum atomic E-state index is 12.4. The quantitative estimate of drug-likeness (QED) is 0.711. The number of tetrazole rings is 1. The number of benzene rings is 2. The minimum Gasteiger partial charge on any atom is -0.433 e. The summed E-state index contributed by atoms with van der Waals surface area (Å²) in [4.78, 5) is 13.2. The topological polar surface area (TPSA) is 81.9 Å². The average molecular weight is 380 g/mol. The Hall–Kier alpha value is -3.07. The van der Waals surface area contributed by atoms with Crippen LogP contribution in [0.2, 0.25) is 5.02 Å². The van der Waals surface area contributed by atoms with E-state index in [1.807, 2.05) is 0 Å². The van der Waals surface area contributed by atoms with Crippen molar-refractivity contribution in [1.29, 1.82) is 0 Å². The van der Waals surface area contributed by atoms with Crippen LogP contribution in [-0.4, -0.2) is 32.7 Å². The third-order valence-corrected chi connectivity index (χ3v) is 3.56. The van der Waals surface area contributed by atoms with Gasteiger partial charge in [0.05, 0.1) is 10.7 Å². The zero-order valence-electron chi connectivity index (χ0n) is 13.1. The van der Waals surface area contributed by atoms with Gasteiger partial charge in [-0.1, -0.05) is 35.9 Å². The second-order valence-corrected chi connectivity index (χ2v) is 5.45. The maximum absolute atomic E-state index is 12.4. The van der Waals surface area contributed by atoms with Crippen LogP contribution < -0.4 is 10.1 Å². The van der Waals surface area contributed by atoms with E-state index in [4.69, 9.17) is 11.6 Å². The van der Waals surface area contributed by atoms with Crippen molar-refractivity contribution in [1.82, 2.24) is 20.2 Å². The Morgan fingerprint density at radius 3 is 2.69 bits per heavy atom. The number of aromatic nitrogens is 4. The first kappa shape index (κ1) is 17.7. The van der Waals surface area contributed by atoms with Gasteiger partial charge in [-0.3, -0.25) is 4.79 Å². The number of amides is 1. The number of nitrogens with one attached hydrogen (secondary N) is 1. The second kappa shape index (κ2) is 7.87. The number of para-hydroxylation sites is 2. The summed E-state index contributed by atoms with van der Waals surface area (Å²) in [7, 11) is 0. The molecule has 0 atom stereocenters. The van der Waals surface area contributed by atoms with Crippen LogP contribution in [0.1, 0.15) is 0 Å². The maximum Gasteiger partial charge on any atom is 0.387 e. The smallest absolute Gasteiger partial charge is 0.387 e. The molecule has 3 aromatic rings. The zero-order chi connectivity index (χ0) is 18.5. The Labute approximate surface area is 151 Å². The summed E-state index contributed by atoms with van der Waals surface area (Å²) < 4.78 is 29.2. The van der Waals surface area contributed by atoms with Gasteiger partial charge in [0.1, 0.15) is 12.3 Å². The number of carbonyl (C=O) groups excluding carboxylic acids is 1. The van der Waals surface area contributed by atoms with E-state index in [1.165, 1.54) is 18.2 Å². The van der Waals surface area contributed by atoms with Crippen molar-refractivity contribution in [2.24, 2.45) is 0 Å². The van der Waals surface area contributed by atoms with E-state index in [0.717, 1.165) is 4.80 Å². The van der Waals surface area contributed by atoms with Crippen LogP contribution in [0.4, 0.5) is 14.5 Å². The molecule has 0 bridgehead atoms. The van der Waals surface area contributed by atoms with Gasteiger partial charge in [0.2, 0.25) is 11.7 Å². The Morgan fingerprint density at radius 1 is 1.19 bits per heavy atom. The molecule has 3 rings (SSSR count). The largest absolute Gasteiger partial charge is 0.433 e. The molecule has 0 unspecified atom stereocenters. The molecular formula is C16H12ClF2N5O2. The standard InChI is InChI=1S/C16H12ClF2N5O2/c17-11-6-2-1-5-10(11)15-21-23-24(22-15)9-14(25)20-12-7-3-4-8-13(12)26-16(18)19/h1-8,16H,9H2,(H,20,25). The minimum absolute atomic E-state index is 0.115. The lowest BCUT2D eigenvalue weighted by molar-refractivity contribution is -0.117. The minimum atomic E-state index is -3.00. The number of nitrogens with zero attached hydrogens (tertiary/aromatic N) is 4. The lowest BCUT2D eigenvalue weighted by Crippen LogP contribution is -2.21. The number of hydrogen-bond donors (Lipinski definition) is 1. The van der Waals surface area contributed by atoms with Crippen molar-refractivity contribution in [3.05, 3.63) is 53.6 Å². The predicted octanol–water partition coefficient (Wildman–Crippen LogP) is 3.23. The number of hydrogen-bond acceptors (Lipinski definition) is 5. The molecule has 2 aromatic carbocycles. The molecule has 7 nitrogen and oxygen atoms in total. The van der Waals surface area contributed by atoms with Crippen LogP contribution in [-0.2, 0) is 11.3 Å². The molecule has 0 fully saturated rings. The lowest BCUT2D eigenvalue weighted by Gasteiger charge is -2.11. The van der Waals surface area contributed by atoms with Crippen LogP contribution in [0, 0.1) is 0 Å². The predicted molar refractivity (Wildman–Crippen MR) is 90.0 cm³/mol. The van der Waals surface area contributed by atoms with E-state index in [-0.39, 0.29) is 23.8 Å². The van der Waals surface area contributed by atoms with E-state index < -0.39 is 12.5 Å². The van der Waals surface area contributed by atoms with E-state index in [1.54, 1.807) is 30.3 Å². The van der Waals surface area contributed by atoms with Gasteiger partial charge in [-0.15, -0.1) is 10.2 Å². The number of halogens is 3. The molecule has 0 saturated heterocycles. The lowest BCUT2D eigenvalue weighted by atomic mass is 10.2. The summed E-state index contributed by atoms with van der Waals surface area (Å²) in [5, 5.41) is 14.7. The highest BCUT2D eigenvalue weighted by atomic mass is 35.5. The molecule has 0 saturated carbocycles. The molecule has 1 amide bonds. The first-order valence-corrected chi connectivity index (χ1v) is 7.77. The third kappa shape index (κ3) is 4.31. The van der Waals surface area contributed by atoms with Crippen LogP contribution >= 0.6 is 11.6 Å². The van der Waals surface area contributed by atoms with Crippen LogP contribution in [0.25, 0.3) is 11.4 Å². The highest BCUT2D eigenvalue weighted by Crippen LogP contribution is 2.26. The number of ether oxygens (including phenoxy) is 1. The van der Waals surface area contributed by atoms with Crippen LogP contribution in [0.15, 0.2) is 48.5 Å². The van der Waals surface area contributed by atoms with E-state index >= 15 is 0 Å². The van der Waals surface area contributed by atoms with Crippen molar-refractivity contribution in [3.8, 4) is 17.1 Å². The van der Waals surface area contributed by atoms with Crippen molar-refractivity contribution < 1.29 is 18.3 Å². The van der Waals surface area contributed by atoms with Gasteiger partial charge in [-0.25, -0.2) is 0 Å². The molecular weight excluding hydrogens is 368 g/mol. The molecule has 26 heavy (non-hydrogen) atoms. The average Bonchev–Trinajstić information content (AvgIpc) is 3.04. The zero-order valence-corrected chi connectivity index (χ0v) is 13.9. The van der Waals surface area contributed by atoms with Crippen molar-refractivity contribution in [3.63, 3.8) is 0 Å². The number of alkyl halides is 2. The highest BCUT2D eigenvalue weighted by Gasteiger charge is 2.14. The summed E-state index contributed by atoms with van der Waals surface area (Å²) in [5.74, 6) is -0.401. The number of anilines is 1. The molecule has 0 spiro atoms.